The first kappa shape index (κ1) is 17.5. The van der Waals surface area contributed by atoms with Gasteiger partial charge in [-0.15, -0.1) is 0 Å². The van der Waals surface area contributed by atoms with Crippen LogP contribution in [0, 0.1) is 5.82 Å². The number of alkyl halides is 3. The van der Waals surface area contributed by atoms with Gasteiger partial charge in [0.05, 0.1) is 11.2 Å². The van der Waals surface area contributed by atoms with Crippen molar-refractivity contribution in [3.8, 4) is 11.3 Å². The summed E-state index contributed by atoms with van der Waals surface area (Å²) in [5, 5.41) is 8.80. The highest BCUT2D eigenvalue weighted by molar-refractivity contribution is 5.77. The van der Waals surface area contributed by atoms with E-state index in [4.69, 9.17) is 5.11 Å². The van der Waals surface area contributed by atoms with E-state index in [9.17, 15) is 27.2 Å². The number of aliphatic carboxylic acids is 1. The number of rotatable bonds is 3. The summed E-state index contributed by atoms with van der Waals surface area (Å²) in [6, 6.07) is 7.60. The number of pyridine rings is 1. The molecule has 0 spiro atoms. The highest BCUT2D eigenvalue weighted by atomic mass is 19.4. The van der Waals surface area contributed by atoms with Gasteiger partial charge in [-0.2, -0.15) is 13.2 Å². The molecule has 3 rings (SSSR count). The zero-order valence-corrected chi connectivity index (χ0v) is 12.8. The molecule has 0 unspecified atom stereocenters. The summed E-state index contributed by atoms with van der Waals surface area (Å²) in [4.78, 5) is 30.6. The second kappa shape index (κ2) is 6.21. The van der Waals surface area contributed by atoms with Crippen LogP contribution in [0.1, 0.15) is 5.82 Å². The topological polar surface area (TPSA) is 85.1 Å². The third-order valence-corrected chi connectivity index (χ3v) is 3.49. The van der Waals surface area contributed by atoms with Gasteiger partial charge in [0.1, 0.15) is 12.4 Å². The van der Waals surface area contributed by atoms with E-state index in [1.165, 1.54) is 24.3 Å². The Bertz CT molecular complexity index is 1060. The van der Waals surface area contributed by atoms with Crippen LogP contribution in [0.5, 0.6) is 0 Å². The number of halogens is 4. The largest absolute Gasteiger partial charge is 0.480 e. The number of carboxylic acid groups (broad SMARTS) is 1. The lowest BCUT2D eigenvalue weighted by molar-refractivity contribution is -0.150. The number of nitrogens with zero attached hydrogens (tertiary/aromatic N) is 3. The van der Waals surface area contributed by atoms with Crippen molar-refractivity contribution in [3.05, 3.63) is 58.4 Å². The first-order valence-electron chi connectivity index (χ1n) is 7.13. The lowest BCUT2D eigenvalue weighted by atomic mass is 10.1. The van der Waals surface area contributed by atoms with Gasteiger partial charge in [0.15, 0.2) is 5.52 Å². The van der Waals surface area contributed by atoms with Crippen molar-refractivity contribution in [1.82, 2.24) is 14.5 Å². The fraction of sp³-hybridized carbons (Fsp3) is 0.125. The maximum atomic E-state index is 13.1. The normalized spacial score (nSPS) is 11.7. The quantitative estimate of drug-likeness (QED) is 0.720. The molecule has 0 saturated carbocycles. The molecule has 0 fully saturated rings. The number of benzene rings is 1. The van der Waals surface area contributed by atoms with E-state index >= 15 is 0 Å². The summed E-state index contributed by atoms with van der Waals surface area (Å²) >= 11 is 0. The molecule has 0 amide bonds. The van der Waals surface area contributed by atoms with Gasteiger partial charge in [-0.05, 0) is 36.4 Å². The van der Waals surface area contributed by atoms with Gasteiger partial charge in [-0.3, -0.25) is 14.2 Å². The van der Waals surface area contributed by atoms with Crippen LogP contribution in [0.25, 0.3) is 22.3 Å². The van der Waals surface area contributed by atoms with Crippen LogP contribution in [-0.4, -0.2) is 25.6 Å². The number of hydrogen-bond acceptors (Lipinski definition) is 4. The van der Waals surface area contributed by atoms with Gasteiger partial charge in [0, 0.05) is 5.56 Å². The van der Waals surface area contributed by atoms with Gasteiger partial charge in [0.25, 0.3) is 5.56 Å². The SMILES string of the molecule is O=C(O)Cn1c(C(F)(F)F)nc2ccc(-c3ccc(F)cc3)nc2c1=O. The number of hydrogen-bond donors (Lipinski definition) is 1. The number of aromatic nitrogens is 3. The monoisotopic (exact) mass is 367 g/mol. The van der Waals surface area contributed by atoms with Crippen LogP contribution in [-0.2, 0) is 17.5 Å². The summed E-state index contributed by atoms with van der Waals surface area (Å²) in [5.41, 5.74) is -1.33. The van der Waals surface area contributed by atoms with E-state index in [1.54, 1.807) is 0 Å². The average Bonchev–Trinajstić information content (AvgIpc) is 2.56. The molecule has 10 heteroatoms. The smallest absolute Gasteiger partial charge is 0.449 e. The lowest BCUT2D eigenvalue weighted by Crippen LogP contribution is -2.32. The molecule has 2 aromatic heterocycles. The molecular formula is C16H9F4N3O3. The van der Waals surface area contributed by atoms with Gasteiger partial charge >= 0.3 is 12.1 Å². The summed E-state index contributed by atoms with van der Waals surface area (Å²) in [6.45, 7) is -1.21. The molecule has 0 saturated heterocycles. The van der Waals surface area contributed by atoms with Crippen LogP contribution in [0.15, 0.2) is 41.2 Å². The van der Waals surface area contributed by atoms with Crippen molar-refractivity contribution in [2.75, 3.05) is 0 Å². The first-order chi connectivity index (χ1) is 12.2. The molecule has 0 aliphatic rings. The predicted octanol–water partition coefficient (Wildman–Crippen LogP) is 2.70. The molecule has 6 nitrogen and oxygen atoms in total. The minimum atomic E-state index is -5.02. The van der Waals surface area contributed by atoms with Crippen LogP contribution < -0.4 is 5.56 Å². The molecule has 1 aromatic carbocycles. The van der Waals surface area contributed by atoms with Gasteiger partial charge in [0.2, 0.25) is 5.82 Å². The van der Waals surface area contributed by atoms with Crippen molar-refractivity contribution in [3.63, 3.8) is 0 Å². The molecule has 1 N–H and O–H groups in total. The average molecular weight is 367 g/mol. The Kier molecular flexibility index (Phi) is 4.18. The Balaban J connectivity index is 2.26. The molecular weight excluding hydrogens is 358 g/mol. The van der Waals surface area contributed by atoms with E-state index in [1.807, 2.05) is 0 Å². The summed E-state index contributed by atoms with van der Waals surface area (Å²) in [6.07, 6.45) is -5.02. The maximum absolute atomic E-state index is 13.1. The zero-order chi connectivity index (χ0) is 19.1. The van der Waals surface area contributed by atoms with E-state index in [0.717, 1.165) is 12.1 Å². The summed E-state index contributed by atoms with van der Waals surface area (Å²) < 4.78 is 52.4. The lowest BCUT2D eigenvalue weighted by Gasteiger charge is -2.14. The van der Waals surface area contributed by atoms with Crippen LogP contribution in [0.4, 0.5) is 17.6 Å². The zero-order valence-electron chi connectivity index (χ0n) is 12.8. The van der Waals surface area contributed by atoms with E-state index < -0.39 is 41.4 Å². The third-order valence-electron chi connectivity index (χ3n) is 3.49. The number of fused-ring (bicyclic) bond motifs is 1. The van der Waals surface area contributed by atoms with Gasteiger partial charge < -0.3 is 5.11 Å². The third kappa shape index (κ3) is 3.25. The highest BCUT2D eigenvalue weighted by Gasteiger charge is 2.38. The predicted molar refractivity (Wildman–Crippen MR) is 81.8 cm³/mol. The molecule has 0 radical (unpaired) electrons. The molecule has 134 valence electrons. The molecule has 0 atom stereocenters. The molecule has 0 aliphatic heterocycles. The van der Waals surface area contributed by atoms with Crippen LogP contribution in [0.2, 0.25) is 0 Å². The molecule has 2 heterocycles. The van der Waals surface area contributed by atoms with Crippen molar-refractivity contribution in [2.45, 2.75) is 12.7 Å². The Morgan fingerprint density at radius 3 is 2.31 bits per heavy atom. The first-order valence-corrected chi connectivity index (χ1v) is 7.13. The molecule has 0 aliphatic carbocycles. The summed E-state index contributed by atoms with van der Waals surface area (Å²) in [5.74, 6) is -3.74. The van der Waals surface area contributed by atoms with Crippen LogP contribution in [0.3, 0.4) is 0 Å². The second-order valence-electron chi connectivity index (χ2n) is 5.29. The minimum Gasteiger partial charge on any atom is -0.480 e. The fourth-order valence-corrected chi connectivity index (χ4v) is 2.38. The Morgan fingerprint density at radius 1 is 1.08 bits per heavy atom. The van der Waals surface area contributed by atoms with Crippen molar-refractivity contribution in [1.29, 1.82) is 0 Å². The molecule has 3 aromatic rings. The van der Waals surface area contributed by atoms with Crippen molar-refractivity contribution in [2.24, 2.45) is 0 Å². The molecule has 0 bridgehead atoms. The summed E-state index contributed by atoms with van der Waals surface area (Å²) in [7, 11) is 0. The van der Waals surface area contributed by atoms with E-state index in [2.05, 4.69) is 9.97 Å². The minimum absolute atomic E-state index is 0.0199. The maximum Gasteiger partial charge on any atom is 0.449 e. The van der Waals surface area contributed by atoms with E-state index in [0.29, 0.717) is 5.56 Å². The number of carboxylic acids is 1. The van der Waals surface area contributed by atoms with Crippen molar-refractivity contribution >= 4 is 17.0 Å². The standard InChI is InChI=1S/C16H9F4N3O3/c17-9-3-1-8(2-4-9)10-5-6-11-13(21-10)14(26)23(7-12(24)25)15(22-11)16(18,19)20/h1-6H,7H2,(H,24,25). The highest BCUT2D eigenvalue weighted by Crippen LogP contribution is 2.28. The Morgan fingerprint density at radius 2 is 1.73 bits per heavy atom. The number of carbonyl (C=O) groups is 1. The fourth-order valence-electron chi connectivity index (χ4n) is 2.38. The van der Waals surface area contributed by atoms with Gasteiger partial charge in [-0.1, -0.05) is 0 Å². The van der Waals surface area contributed by atoms with Crippen LogP contribution >= 0.6 is 0 Å². The Labute approximate surface area is 142 Å². The van der Waals surface area contributed by atoms with Crippen molar-refractivity contribution < 1.29 is 27.5 Å². The van der Waals surface area contributed by atoms with E-state index in [-0.39, 0.29) is 15.8 Å². The molecule has 26 heavy (non-hydrogen) atoms. The second-order valence-corrected chi connectivity index (χ2v) is 5.29. The Hall–Kier alpha value is -3.30. The van der Waals surface area contributed by atoms with Gasteiger partial charge in [-0.25, -0.2) is 14.4 Å².